The van der Waals surface area contributed by atoms with Crippen LogP contribution >= 0.6 is 11.8 Å². The van der Waals surface area contributed by atoms with Gasteiger partial charge >= 0.3 is 0 Å². The number of rotatable bonds is 4. The number of anilines is 3. The summed E-state index contributed by atoms with van der Waals surface area (Å²) in [7, 11) is 0. The molecule has 0 N–H and O–H groups in total. The summed E-state index contributed by atoms with van der Waals surface area (Å²) in [6, 6.07) is 92.4. The van der Waals surface area contributed by atoms with Gasteiger partial charge in [0.15, 0.2) is 0 Å². The predicted octanol–water partition coefficient (Wildman–Crippen LogP) is 17.3. The molecule has 0 atom stereocenters. The molecule has 2 aliphatic heterocycles. The van der Waals surface area contributed by atoms with Crippen molar-refractivity contribution in [3.8, 4) is 44.9 Å². The van der Waals surface area contributed by atoms with E-state index in [1.807, 2.05) is 11.8 Å². The van der Waals surface area contributed by atoms with E-state index in [1.54, 1.807) is 0 Å². The zero-order valence-electron chi connectivity index (χ0n) is 37.4. The number of ether oxygens (including phenoxy) is 1. The fourth-order valence-corrected chi connectivity index (χ4v) is 14.0. The summed E-state index contributed by atoms with van der Waals surface area (Å²) in [6.07, 6.45) is 0. The third-order valence-electron chi connectivity index (χ3n) is 15.4. The third kappa shape index (κ3) is 5.12. The Hall–Kier alpha value is -8.37. The Bertz CT molecular complexity index is 3850. The van der Waals surface area contributed by atoms with Gasteiger partial charge < -0.3 is 9.64 Å². The van der Waals surface area contributed by atoms with E-state index in [2.05, 4.69) is 254 Å². The molecule has 2 nitrogen and oxygen atoms in total. The van der Waals surface area contributed by atoms with Gasteiger partial charge in [-0.05, 0) is 115 Å². The fourth-order valence-electron chi connectivity index (χ4n) is 12.8. The van der Waals surface area contributed by atoms with Crippen LogP contribution in [0.4, 0.5) is 17.1 Å². The lowest BCUT2D eigenvalue weighted by atomic mass is 9.66. The molecular formula is C66H41NOS. The Kier molecular flexibility index (Phi) is 8.17. The van der Waals surface area contributed by atoms with Gasteiger partial charge in [-0.2, -0.15) is 0 Å². The van der Waals surface area contributed by atoms with E-state index in [4.69, 9.17) is 4.74 Å². The molecule has 0 amide bonds. The number of benzene rings is 11. The van der Waals surface area contributed by atoms with Gasteiger partial charge in [-0.25, -0.2) is 0 Å². The van der Waals surface area contributed by atoms with E-state index in [9.17, 15) is 0 Å². The number of fused-ring (bicyclic) bond motifs is 20. The van der Waals surface area contributed by atoms with Gasteiger partial charge in [0, 0.05) is 37.7 Å². The summed E-state index contributed by atoms with van der Waals surface area (Å²) >= 11 is 1.89. The van der Waals surface area contributed by atoms with E-state index in [-0.39, 0.29) is 0 Å². The molecule has 69 heavy (non-hydrogen) atoms. The molecule has 2 spiro atoms. The number of hydrogen-bond acceptors (Lipinski definition) is 3. The Morgan fingerprint density at radius 2 is 0.855 bits per heavy atom. The molecular weight excluding hydrogens is 855 g/mol. The Labute approximate surface area is 405 Å². The molecule has 2 aliphatic carbocycles. The van der Waals surface area contributed by atoms with E-state index in [0.29, 0.717) is 0 Å². The lowest BCUT2D eigenvalue weighted by Gasteiger charge is -2.40. The normalized spacial score (nSPS) is 14.4. The maximum atomic E-state index is 6.76. The Morgan fingerprint density at radius 1 is 0.333 bits per heavy atom. The highest BCUT2D eigenvalue weighted by Crippen LogP contribution is 2.66. The summed E-state index contributed by atoms with van der Waals surface area (Å²) in [5.41, 5.74) is 19.7. The average Bonchev–Trinajstić information content (AvgIpc) is 3.88. The van der Waals surface area contributed by atoms with Crippen LogP contribution in [0.5, 0.6) is 11.5 Å². The first-order valence-corrected chi connectivity index (χ1v) is 24.6. The van der Waals surface area contributed by atoms with Crippen LogP contribution in [0, 0.1) is 0 Å². The first kappa shape index (κ1) is 38.7. The fraction of sp³-hybridized carbons (Fsp3) is 0.0303. The molecule has 0 aromatic heterocycles. The molecule has 0 unspecified atom stereocenters. The van der Waals surface area contributed by atoms with Crippen LogP contribution in [0.2, 0.25) is 0 Å². The van der Waals surface area contributed by atoms with Crippen molar-refractivity contribution < 1.29 is 4.74 Å². The maximum Gasteiger partial charge on any atom is 0.132 e. The minimum Gasteiger partial charge on any atom is -0.457 e. The van der Waals surface area contributed by atoms with Crippen molar-refractivity contribution in [2.24, 2.45) is 0 Å². The monoisotopic (exact) mass is 895 g/mol. The molecule has 322 valence electrons. The molecule has 0 fully saturated rings. The number of hydrogen-bond donors (Lipinski definition) is 0. The molecule has 15 rings (SSSR count). The van der Waals surface area contributed by atoms with Crippen LogP contribution < -0.4 is 9.64 Å². The highest BCUT2D eigenvalue weighted by Gasteiger charge is 2.53. The van der Waals surface area contributed by atoms with Crippen molar-refractivity contribution in [2.45, 2.75) is 20.6 Å². The highest BCUT2D eigenvalue weighted by atomic mass is 32.2. The second-order valence-corrected chi connectivity index (χ2v) is 19.7. The molecule has 0 saturated carbocycles. The molecule has 2 heterocycles. The van der Waals surface area contributed by atoms with Gasteiger partial charge in [0.25, 0.3) is 0 Å². The largest absolute Gasteiger partial charge is 0.457 e. The van der Waals surface area contributed by atoms with Gasteiger partial charge in [0.2, 0.25) is 0 Å². The van der Waals surface area contributed by atoms with E-state index >= 15 is 0 Å². The van der Waals surface area contributed by atoms with Gasteiger partial charge in [0.1, 0.15) is 11.5 Å². The predicted molar refractivity (Wildman–Crippen MR) is 283 cm³/mol. The van der Waals surface area contributed by atoms with Crippen LogP contribution in [0.25, 0.3) is 44.2 Å². The van der Waals surface area contributed by atoms with Crippen molar-refractivity contribution >= 4 is 39.6 Å². The molecule has 0 bridgehead atoms. The third-order valence-corrected chi connectivity index (χ3v) is 16.5. The summed E-state index contributed by atoms with van der Waals surface area (Å²) in [5.74, 6) is 1.77. The second kappa shape index (κ2) is 14.6. The van der Waals surface area contributed by atoms with Gasteiger partial charge in [-0.15, -0.1) is 0 Å². The van der Waals surface area contributed by atoms with Crippen molar-refractivity contribution in [3.63, 3.8) is 0 Å². The van der Waals surface area contributed by atoms with Crippen LogP contribution in [0.15, 0.2) is 259 Å². The minimum absolute atomic E-state index is 0.512. The molecule has 3 heteroatoms. The molecule has 0 saturated heterocycles. The Morgan fingerprint density at radius 3 is 1.61 bits per heavy atom. The summed E-state index contributed by atoms with van der Waals surface area (Å²) in [6.45, 7) is 0. The summed E-state index contributed by atoms with van der Waals surface area (Å²) in [4.78, 5) is 5.16. The highest BCUT2D eigenvalue weighted by molar-refractivity contribution is 7.99. The van der Waals surface area contributed by atoms with Crippen molar-refractivity contribution in [2.75, 3.05) is 4.90 Å². The van der Waals surface area contributed by atoms with E-state index in [1.165, 1.54) is 81.8 Å². The quantitative estimate of drug-likeness (QED) is 0.175. The first-order valence-electron chi connectivity index (χ1n) is 23.8. The van der Waals surface area contributed by atoms with Crippen LogP contribution in [0.3, 0.4) is 0 Å². The second-order valence-electron chi connectivity index (χ2n) is 18.6. The van der Waals surface area contributed by atoms with E-state index in [0.717, 1.165) is 45.3 Å². The van der Waals surface area contributed by atoms with Crippen molar-refractivity contribution in [1.29, 1.82) is 0 Å². The number of para-hydroxylation sites is 3. The maximum absolute atomic E-state index is 6.76. The molecule has 11 aromatic rings. The first-order chi connectivity index (χ1) is 34.2. The standard InChI is InChI=1S/C66H41NOS/c1-2-19-42(20-3-1)45-22-7-13-31-57(45)67(58-32-18-30-55-64(58)47-24-6-8-25-49(47)65(55)51-26-9-14-33-59(51)68-60-34-15-10-27-52(60)65)44-38-40-50-48(41-44)63-46-23-5-4-21-43(46)37-39-56(63)66(50)53-28-11-16-35-61(53)69-62-36-17-12-29-54(62)66/h1-41H. The van der Waals surface area contributed by atoms with Gasteiger partial charge in [-0.3, -0.25) is 0 Å². The molecule has 11 aromatic carbocycles. The number of nitrogens with zero attached hydrogens (tertiary/aromatic N) is 1. The Balaban J connectivity index is 1.06. The van der Waals surface area contributed by atoms with Crippen LogP contribution in [0.1, 0.15) is 44.5 Å². The smallest absolute Gasteiger partial charge is 0.132 e. The summed E-state index contributed by atoms with van der Waals surface area (Å²) in [5, 5.41) is 2.51. The van der Waals surface area contributed by atoms with Crippen molar-refractivity contribution in [3.05, 3.63) is 293 Å². The SMILES string of the molecule is c1ccc(-c2ccccc2N(c2ccc3c(c2)-c2c(ccc4ccccc24)C32c3ccccc3Sc3ccccc32)c2cccc3c2-c2ccccc2C32c3ccccc3Oc3ccccc32)cc1. The lowest BCUT2D eigenvalue weighted by Crippen LogP contribution is -2.32. The van der Waals surface area contributed by atoms with Crippen LogP contribution in [-0.2, 0) is 10.8 Å². The van der Waals surface area contributed by atoms with Gasteiger partial charge in [0.05, 0.1) is 22.2 Å². The van der Waals surface area contributed by atoms with E-state index < -0.39 is 10.8 Å². The zero-order chi connectivity index (χ0) is 45.3. The lowest BCUT2D eigenvalue weighted by molar-refractivity contribution is 0.436. The summed E-state index contributed by atoms with van der Waals surface area (Å²) < 4.78 is 6.76. The molecule has 4 aliphatic rings. The molecule has 0 radical (unpaired) electrons. The average molecular weight is 896 g/mol. The minimum atomic E-state index is -0.611. The topological polar surface area (TPSA) is 12.5 Å². The van der Waals surface area contributed by atoms with Crippen LogP contribution in [-0.4, -0.2) is 0 Å². The van der Waals surface area contributed by atoms with Crippen molar-refractivity contribution in [1.82, 2.24) is 0 Å². The zero-order valence-corrected chi connectivity index (χ0v) is 38.3. The van der Waals surface area contributed by atoms with Gasteiger partial charge in [-0.1, -0.05) is 212 Å².